The van der Waals surface area contributed by atoms with Crippen LogP contribution in [-0.2, 0) is 9.53 Å². The molecule has 0 aromatic heterocycles. The molecule has 27 heavy (non-hydrogen) atoms. The van der Waals surface area contributed by atoms with Crippen LogP contribution in [0.2, 0.25) is 0 Å². The molecule has 3 N–H and O–H groups in total. The number of hydrogen-bond acceptors (Lipinski definition) is 4. The lowest BCUT2D eigenvalue weighted by atomic mass is 10.2. The molecule has 1 aromatic carbocycles. The number of hydrogen-bond donors (Lipinski definition) is 3. The average Bonchev–Trinajstić information content (AvgIpc) is 2.60. The summed E-state index contributed by atoms with van der Waals surface area (Å²) in [5.41, 5.74) is 1.11. The number of rotatable bonds is 9. The number of nitrogens with one attached hydrogen (secondary N) is 3. The summed E-state index contributed by atoms with van der Waals surface area (Å²) in [6, 6.07) is 6.68. The standard InChI is InChI=1S/C18H25Cl2N3O3S/c1-4-6-11-26-15(25)12-7-9-13(10-8-12)21-17(27)23-16(18(3,19)20)22-14(24)5-2/h7-10,16H,4-6,11H2,1-3H3,(H,22,24)(H2,21,23,27). The third-order valence-electron chi connectivity index (χ3n) is 3.52. The lowest BCUT2D eigenvalue weighted by molar-refractivity contribution is -0.121. The Morgan fingerprint density at radius 2 is 1.81 bits per heavy atom. The maximum Gasteiger partial charge on any atom is 0.338 e. The minimum Gasteiger partial charge on any atom is -0.462 e. The molecular weight excluding hydrogens is 409 g/mol. The van der Waals surface area contributed by atoms with Gasteiger partial charge in [-0.3, -0.25) is 4.79 Å². The van der Waals surface area contributed by atoms with Crippen LogP contribution in [0, 0.1) is 0 Å². The maximum atomic E-state index is 11.9. The first-order chi connectivity index (χ1) is 12.7. The van der Waals surface area contributed by atoms with Crippen molar-refractivity contribution in [1.82, 2.24) is 10.6 Å². The Labute approximate surface area is 175 Å². The molecule has 1 atom stereocenters. The van der Waals surface area contributed by atoms with E-state index in [1.807, 2.05) is 6.92 Å². The van der Waals surface area contributed by atoms with Crippen LogP contribution in [0.3, 0.4) is 0 Å². The van der Waals surface area contributed by atoms with E-state index in [0.29, 0.717) is 17.9 Å². The van der Waals surface area contributed by atoms with Crippen molar-refractivity contribution < 1.29 is 14.3 Å². The van der Waals surface area contributed by atoms with Crippen LogP contribution < -0.4 is 16.0 Å². The fourth-order valence-corrected chi connectivity index (χ4v) is 2.39. The smallest absolute Gasteiger partial charge is 0.338 e. The van der Waals surface area contributed by atoms with Crippen LogP contribution >= 0.6 is 35.4 Å². The summed E-state index contributed by atoms with van der Waals surface area (Å²) in [5.74, 6) is -0.577. The molecule has 1 rings (SSSR count). The Morgan fingerprint density at radius 3 is 2.33 bits per heavy atom. The summed E-state index contributed by atoms with van der Waals surface area (Å²) < 4.78 is 3.88. The topological polar surface area (TPSA) is 79.5 Å². The second-order valence-electron chi connectivity index (χ2n) is 5.98. The van der Waals surface area contributed by atoms with E-state index < -0.39 is 10.5 Å². The number of carbonyl (C=O) groups is 2. The highest BCUT2D eigenvalue weighted by Crippen LogP contribution is 2.23. The van der Waals surface area contributed by atoms with Crippen molar-refractivity contribution in [1.29, 1.82) is 0 Å². The van der Waals surface area contributed by atoms with Crippen molar-refractivity contribution in [2.45, 2.75) is 50.5 Å². The quantitative estimate of drug-likeness (QED) is 0.179. The number of thiocarbonyl (C=S) groups is 1. The van der Waals surface area contributed by atoms with Gasteiger partial charge in [0.25, 0.3) is 0 Å². The largest absolute Gasteiger partial charge is 0.462 e. The van der Waals surface area contributed by atoms with Gasteiger partial charge in [-0.05, 0) is 49.8 Å². The third kappa shape index (κ3) is 8.77. The second-order valence-corrected chi connectivity index (χ2v) is 8.15. The molecule has 0 aliphatic carbocycles. The second kappa shape index (κ2) is 11.3. The van der Waals surface area contributed by atoms with Gasteiger partial charge < -0.3 is 20.7 Å². The van der Waals surface area contributed by atoms with E-state index in [9.17, 15) is 9.59 Å². The highest BCUT2D eigenvalue weighted by atomic mass is 35.5. The van der Waals surface area contributed by atoms with Gasteiger partial charge in [-0.2, -0.15) is 0 Å². The van der Waals surface area contributed by atoms with Crippen molar-refractivity contribution in [2.24, 2.45) is 0 Å². The molecule has 0 bridgehead atoms. The van der Waals surface area contributed by atoms with E-state index in [1.165, 1.54) is 0 Å². The zero-order valence-electron chi connectivity index (χ0n) is 15.6. The third-order valence-corrected chi connectivity index (χ3v) is 4.17. The predicted molar refractivity (Wildman–Crippen MR) is 113 cm³/mol. The van der Waals surface area contributed by atoms with Crippen LogP contribution in [0.15, 0.2) is 24.3 Å². The number of anilines is 1. The van der Waals surface area contributed by atoms with Crippen LogP contribution in [0.1, 0.15) is 50.4 Å². The molecule has 1 aromatic rings. The molecule has 9 heteroatoms. The van der Waals surface area contributed by atoms with E-state index in [-0.39, 0.29) is 23.4 Å². The summed E-state index contributed by atoms with van der Waals surface area (Å²) in [7, 11) is 0. The molecule has 6 nitrogen and oxygen atoms in total. The Kier molecular flexibility index (Phi) is 9.83. The minimum absolute atomic E-state index is 0.214. The first-order valence-corrected chi connectivity index (χ1v) is 9.85. The number of carbonyl (C=O) groups excluding carboxylic acids is 2. The highest BCUT2D eigenvalue weighted by Gasteiger charge is 2.31. The lowest BCUT2D eigenvalue weighted by Gasteiger charge is -2.29. The van der Waals surface area contributed by atoms with Gasteiger partial charge in [-0.15, -0.1) is 0 Å². The molecule has 0 saturated heterocycles. The molecule has 0 heterocycles. The van der Waals surface area contributed by atoms with Crippen molar-refractivity contribution >= 4 is 58.1 Å². The number of unbranched alkanes of at least 4 members (excludes halogenated alkanes) is 1. The van der Waals surface area contributed by atoms with E-state index in [4.69, 9.17) is 40.2 Å². The zero-order valence-corrected chi connectivity index (χ0v) is 17.9. The first kappa shape index (κ1) is 23.5. The van der Waals surface area contributed by atoms with E-state index in [0.717, 1.165) is 12.8 Å². The molecule has 0 saturated carbocycles. The Hall–Kier alpha value is -1.57. The molecule has 0 aliphatic heterocycles. The monoisotopic (exact) mass is 433 g/mol. The molecular formula is C18H25Cl2N3O3S. The maximum absolute atomic E-state index is 11.9. The highest BCUT2D eigenvalue weighted by molar-refractivity contribution is 7.80. The Bertz CT molecular complexity index is 648. The fraction of sp³-hybridized carbons (Fsp3) is 0.500. The molecule has 1 unspecified atom stereocenters. The summed E-state index contributed by atoms with van der Waals surface area (Å²) in [4.78, 5) is 23.5. The van der Waals surface area contributed by atoms with E-state index in [1.54, 1.807) is 38.1 Å². The van der Waals surface area contributed by atoms with Gasteiger partial charge in [0, 0.05) is 12.1 Å². The van der Waals surface area contributed by atoms with Gasteiger partial charge in [0.1, 0.15) is 6.17 Å². The Balaban J connectivity index is 2.65. The van der Waals surface area contributed by atoms with E-state index >= 15 is 0 Å². The number of amides is 1. The van der Waals surface area contributed by atoms with Crippen molar-refractivity contribution in [2.75, 3.05) is 11.9 Å². The summed E-state index contributed by atoms with van der Waals surface area (Å²) in [6.07, 6.45) is 1.31. The number of halogens is 2. The molecule has 0 radical (unpaired) electrons. The van der Waals surface area contributed by atoms with Crippen molar-refractivity contribution in [3.8, 4) is 0 Å². The van der Waals surface area contributed by atoms with Gasteiger partial charge in [0.15, 0.2) is 9.45 Å². The number of benzene rings is 1. The molecule has 150 valence electrons. The summed E-state index contributed by atoms with van der Waals surface area (Å²) >= 11 is 17.5. The van der Waals surface area contributed by atoms with Crippen molar-refractivity contribution in [3.05, 3.63) is 29.8 Å². The zero-order chi connectivity index (χ0) is 20.4. The van der Waals surface area contributed by atoms with Gasteiger partial charge in [-0.25, -0.2) is 4.79 Å². The number of ether oxygens (including phenoxy) is 1. The summed E-state index contributed by atoms with van der Waals surface area (Å²) in [5, 5.41) is 8.72. The van der Waals surface area contributed by atoms with Crippen LogP contribution in [0.4, 0.5) is 5.69 Å². The average molecular weight is 434 g/mol. The van der Waals surface area contributed by atoms with Gasteiger partial charge in [0.2, 0.25) is 5.91 Å². The fourth-order valence-electron chi connectivity index (χ4n) is 1.93. The van der Waals surface area contributed by atoms with Gasteiger partial charge in [0.05, 0.1) is 12.2 Å². The molecule has 0 aliphatic rings. The SMILES string of the molecule is CCCCOC(=O)c1ccc(NC(=S)NC(NC(=O)CC)C(C)(Cl)Cl)cc1. The lowest BCUT2D eigenvalue weighted by Crippen LogP contribution is -2.56. The minimum atomic E-state index is -1.28. The Morgan fingerprint density at radius 1 is 1.19 bits per heavy atom. The van der Waals surface area contributed by atoms with Crippen LogP contribution in [-0.4, -0.2) is 34.1 Å². The van der Waals surface area contributed by atoms with Gasteiger partial charge in [-0.1, -0.05) is 43.5 Å². The van der Waals surface area contributed by atoms with E-state index in [2.05, 4.69) is 16.0 Å². The molecule has 1 amide bonds. The first-order valence-electron chi connectivity index (χ1n) is 8.69. The molecule has 0 spiro atoms. The number of esters is 1. The van der Waals surface area contributed by atoms with Crippen LogP contribution in [0.25, 0.3) is 0 Å². The molecule has 0 fully saturated rings. The van der Waals surface area contributed by atoms with Gasteiger partial charge >= 0.3 is 5.97 Å². The van der Waals surface area contributed by atoms with Crippen molar-refractivity contribution in [3.63, 3.8) is 0 Å². The van der Waals surface area contributed by atoms with Crippen LogP contribution in [0.5, 0.6) is 0 Å². The normalized spacial score (nSPS) is 12.0. The summed E-state index contributed by atoms with van der Waals surface area (Å²) in [6.45, 7) is 5.70. The number of alkyl halides is 2. The predicted octanol–water partition coefficient (Wildman–Crippen LogP) is 3.98.